The number of azo groups is 1. The largest absolute Gasteiger partial charge is 0.492 e. The summed E-state index contributed by atoms with van der Waals surface area (Å²) in [5.74, 6) is 0.596. The van der Waals surface area contributed by atoms with Crippen molar-refractivity contribution in [1.29, 1.82) is 5.26 Å². The van der Waals surface area contributed by atoms with Crippen molar-refractivity contribution in [2.75, 3.05) is 32.2 Å². The molecule has 0 bridgehead atoms. The molecule has 1 N–H and O–H groups in total. The Morgan fingerprint density at radius 1 is 0.976 bits per heavy atom. The summed E-state index contributed by atoms with van der Waals surface area (Å²) in [5, 5.41) is 30.0. The van der Waals surface area contributed by atoms with E-state index in [1.165, 1.54) is 17.9 Å². The molecular formula is C32H48N6O3. The Hall–Kier alpha value is -3.67. The van der Waals surface area contributed by atoms with E-state index in [-0.39, 0.29) is 22.7 Å². The van der Waals surface area contributed by atoms with E-state index >= 15 is 0 Å². The van der Waals surface area contributed by atoms with Crippen molar-refractivity contribution in [2.45, 2.75) is 86.0 Å². The molecule has 2 aromatic rings. The Morgan fingerprint density at radius 2 is 1.51 bits per heavy atom. The number of rotatable bonds is 16. The number of unbranched alkanes of at least 4 members (excludes halogenated alkanes) is 2. The molecule has 0 saturated carbocycles. The molecule has 9 nitrogen and oxygen atoms in total. The number of nitriles is 1. The topological polar surface area (TPSA) is 114 Å². The van der Waals surface area contributed by atoms with Crippen LogP contribution in [-0.4, -0.2) is 47.8 Å². The first-order valence-electron chi connectivity index (χ1n) is 15.0. The van der Waals surface area contributed by atoms with Crippen LogP contribution in [0.3, 0.4) is 0 Å². The highest BCUT2D eigenvalue weighted by Crippen LogP contribution is 2.32. The number of nitrogens with zero attached hydrogens (tertiary/aromatic N) is 6. The zero-order chi connectivity index (χ0) is 30.5. The molecule has 224 valence electrons. The quantitative estimate of drug-likeness (QED) is 0.216. The minimum Gasteiger partial charge on any atom is -0.492 e. The number of aromatic nitrogens is 1. The molecule has 0 radical (unpaired) electrons. The van der Waals surface area contributed by atoms with Gasteiger partial charge in [0, 0.05) is 38.3 Å². The molecule has 0 saturated heterocycles. The van der Waals surface area contributed by atoms with Gasteiger partial charge in [-0.2, -0.15) is 15.1 Å². The number of pyridine rings is 1. The number of hydrogen-bond acceptors (Lipinski definition) is 7. The standard InChI is InChI=1S/C32H48N6O3/c1-8-12-14-24(10-3)21-37(22-25(11-4)15-13-9-2)30(39)26-16-18-27(19-17-26)34-35-29-23(5)28(20-33)31(40)38(32(29)41)36(6)7/h16-19,24-25,41H,8-15,21-22H2,1-7H3/b35-34+. The first kappa shape index (κ1) is 33.5. The molecule has 0 aliphatic carbocycles. The number of hydrogen-bond donors (Lipinski definition) is 1. The van der Waals surface area contributed by atoms with E-state index in [0.29, 0.717) is 23.1 Å². The van der Waals surface area contributed by atoms with Gasteiger partial charge >= 0.3 is 0 Å². The van der Waals surface area contributed by atoms with Gasteiger partial charge in [-0.1, -0.05) is 66.2 Å². The SMILES string of the molecule is CCCCC(CC)CN(CC(CC)CCCC)C(=O)c1ccc(/N=N/c2c(C)c(C#N)c(=O)n(N(C)C)c2O)cc1. The summed E-state index contributed by atoms with van der Waals surface area (Å²) in [5.41, 5.74) is 0.639. The van der Waals surface area contributed by atoms with Crippen LogP contribution in [0.25, 0.3) is 0 Å². The van der Waals surface area contributed by atoms with Crippen LogP contribution >= 0.6 is 0 Å². The number of aromatic hydroxyl groups is 1. The van der Waals surface area contributed by atoms with Gasteiger partial charge in [-0.3, -0.25) is 9.59 Å². The molecule has 41 heavy (non-hydrogen) atoms. The second kappa shape index (κ2) is 16.6. The van der Waals surface area contributed by atoms with Gasteiger partial charge in [0.15, 0.2) is 5.69 Å². The Bertz CT molecular complexity index is 1240. The number of amides is 1. The summed E-state index contributed by atoms with van der Waals surface area (Å²) < 4.78 is 0.977. The smallest absolute Gasteiger partial charge is 0.290 e. The summed E-state index contributed by atoms with van der Waals surface area (Å²) in [6.45, 7) is 11.9. The van der Waals surface area contributed by atoms with Crippen molar-refractivity contribution in [2.24, 2.45) is 22.1 Å². The van der Waals surface area contributed by atoms with E-state index in [9.17, 15) is 20.0 Å². The molecule has 2 rings (SSSR count). The lowest BCUT2D eigenvalue weighted by Crippen LogP contribution is -2.39. The van der Waals surface area contributed by atoms with Gasteiger partial charge in [0.1, 0.15) is 11.6 Å². The van der Waals surface area contributed by atoms with Crippen molar-refractivity contribution in [3.05, 3.63) is 51.3 Å². The third-order valence-electron chi connectivity index (χ3n) is 7.77. The Kier molecular flexibility index (Phi) is 13.5. The molecule has 1 heterocycles. The lowest BCUT2D eigenvalue weighted by Gasteiger charge is -2.31. The van der Waals surface area contributed by atoms with Gasteiger partial charge in [0.05, 0.1) is 5.69 Å². The predicted molar refractivity (Wildman–Crippen MR) is 165 cm³/mol. The predicted octanol–water partition coefficient (Wildman–Crippen LogP) is 7.22. The van der Waals surface area contributed by atoms with Crippen LogP contribution < -0.4 is 10.6 Å². The van der Waals surface area contributed by atoms with E-state index in [1.807, 2.05) is 6.07 Å². The van der Waals surface area contributed by atoms with Crippen LogP contribution in [0.2, 0.25) is 0 Å². The molecule has 0 fully saturated rings. The zero-order valence-electron chi connectivity index (χ0n) is 26.0. The monoisotopic (exact) mass is 564 g/mol. The minimum atomic E-state index is -0.626. The molecule has 9 heteroatoms. The van der Waals surface area contributed by atoms with Crippen LogP contribution in [0.5, 0.6) is 5.88 Å². The van der Waals surface area contributed by atoms with Crippen LogP contribution in [0.1, 0.15) is 101 Å². The zero-order valence-corrected chi connectivity index (χ0v) is 26.0. The Morgan fingerprint density at radius 3 is 1.95 bits per heavy atom. The van der Waals surface area contributed by atoms with Crippen molar-refractivity contribution in [3.8, 4) is 11.9 Å². The van der Waals surface area contributed by atoms with E-state index < -0.39 is 11.4 Å². The first-order chi connectivity index (χ1) is 19.6. The normalized spacial score (nSPS) is 12.7. The number of carbonyl (C=O) groups excluding carboxylic acids is 1. The van der Waals surface area contributed by atoms with E-state index in [1.54, 1.807) is 45.3 Å². The fraction of sp³-hybridized carbons (Fsp3) is 0.594. The Labute approximate surface area is 245 Å². The molecule has 0 aliphatic rings. The van der Waals surface area contributed by atoms with Crippen molar-refractivity contribution in [1.82, 2.24) is 9.58 Å². The average molecular weight is 565 g/mol. The van der Waals surface area contributed by atoms with Crippen LogP contribution in [0, 0.1) is 30.1 Å². The molecular weight excluding hydrogens is 516 g/mol. The van der Waals surface area contributed by atoms with Gasteiger partial charge in [-0.05, 0) is 55.9 Å². The molecule has 1 amide bonds. The lowest BCUT2D eigenvalue weighted by atomic mass is 9.95. The van der Waals surface area contributed by atoms with E-state index in [4.69, 9.17) is 0 Å². The maximum atomic E-state index is 13.8. The summed E-state index contributed by atoms with van der Waals surface area (Å²) in [6.07, 6.45) is 9.01. The van der Waals surface area contributed by atoms with Gasteiger partial charge < -0.3 is 15.0 Å². The highest BCUT2D eigenvalue weighted by Gasteiger charge is 2.23. The highest BCUT2D eigenvalue weighted by molar-refractivity contribution is 5.94. The van der Waals surface area contributed by atoms with Gasteiger partial charge in [0.2, 0.25) is 5.88 Å². The number of benzene rings is 1. The average Bonchev–Trinajstić information content (AvgIpc) is 2.96. The second-order valence-corrected chi connectivity index (χ2v) is 11.0. The number of carbonyl (C=O) groups is 1. The van der Waals surface area contributed by atoms with Crippen LogP contribution in [0.15, 0.2) is 39.3 Å². The minimum absolute atomic E-state index is 0.0311. The van der Waals surface area contributed by atoms with Crippen molar-refractivity contribution < 1.29 is 9.90 Å². The first-order valence-corrected chi connectivity index (χ1v) is 15.0. The van der Waals surface area contributed by atoms with E-state index in [0.717, 1.165) is 56.3 Å². The van der Waals surface area contributed by atoms with Crippen molar-refractivity contribution in [3.63, 3.8) is 0 Å². The summed E-state index contributed by atoms with van der Waals surface area (Å²) in [7, 11) is 3.16. The maximum Gasteiger partial charge on any atom is 0.290 e. The lowest BCUT2D eigenvalue weighted by molar-refractivity contribution is 0.0685. The third kappa shape index (κ3) is 8.91. The summed E-state index contributed by atoms with van der Waals surface area (Å²) in [6, 6.07) is 8.86. The molecule has 1 aromatic carbocycles. The molecule has 2 atom stereocenters. The molecule has 0 aliphatic heterocycles. The third-order valence-corrected chi connectivity index (χ3v) is 7.77. The van der Waals surface area contributed by atoms with Crippen LogP contribution in [-0.2, 0) is 0 Å². The highest BCUT2D eigenvalue weighted by atomic mass is 16.3. The fourth-order valence-corrected chi connectivity index (χ4v) is 5.03. The molecule has 1 aromatic heterocycles. The molecule has 2 unspecified atom stereocenters. The maximum absolute atomic E-state index is 13.8. The van der Waals surface area contributed by atoms with Gasteiger partial charge in [0.25, 0.3) is 11.5 Å². The summed E-state index contributed by atoms with van der Waals surface area (Å²) in [4.78, 5) is 28.4. The second-order valence-electron chi connectivity index (χ2n) is 11.0. The van der Waals surface area contributed by atoms with Gasteiger partial charge in [-0.15, -0.1) is 5.11 Å². The van der Waals surface area contributed by atoms with Crippen LogP contribution in [0.4, 0.5) is 11.4 Å². The molecule has 0 spiro atoms. The van der Waals surface area contributed by atoms with Crippen molar-refractivity contribution >= 4 is 17.3 Å². The van der Waals surface area contributed by atoms with E-state index in [2.05, 4.69) is 42.8 Å². The summed E-state index contributed by atoms with van der Waals surface area (Å²) >= 11 is 0. The van der Waals surface area contributed by atoms with Gasteiger partial charge in [-0.25, -0.2) is 0 Å². The Balaban J connectivity index is 2.35. The fourth-order valence-electron chi connectivity index (χ4n) is 5.03.